The zero-order valence-electron chi connectivity index (χ0n) is 17.1. The van der Waals surface area contributed by atoms with Gasteiger partial charge in [0.05, 0.1) is 4.90 Å². The summed E-state index contributed by atoms with van der Waals surface area (Å²) in [4.78, 5) is 12.5. The Kier molecular flexibility index (Phi) is 6.59. The molecule has 7 heteroatoms. The fourth-order valence-electron chi connectivity index (χ4n) is 3.42. The highest BCUT2D eigenvalue weighted by Gasteiger charge is 2.31. The maximum Gasteiger partial charge on any atom is 0.258 e. The molecule has 0 atom stereocenters. The number of nitrogens with one attached hydrogen (secondary N) is 1. The van der Waals surface area contributed by atoms with Crippen molar-refractivity contribution in [1.82, 2.24) is 9.62 Å². The zero-order valence-corrected chi connectivity index (χ0v) is 18.0. The lowest BCUT2D eigenvalue weighted by Crippen LogP contribution is -2.47. The Morgan fingerprint density at radius 2 is 1.66 bits per heavy atom. The van der Waals surface area contributed by atoms with Gasteiger partial charge in [-0.1, -0.05) is 29.8 Å². The largest absolute Gasteiger partial charge is 0.484 e. The molecule has 6 nitrogen and oxygen atoms in total. The first-order valence-corrected chi connectivity index (χ1v) is 11.3. The van der Waals surface area contributed by atoms with E-state index in [2.05, 4.69) is 5.32 Å². The number of nitrogens with zero attached hydrogens (tertiary/aromatic N) is 1. The number of carbonyl (C=O) groups excluding carboxylic acids is 1. The van der Waals surface area contributed by atoms with Crippen LogP contribution in [0, 0.1) is 20.8 Å². The van der Waals surface area contributed by atoms with Crippen LogP contribution in [0.4, 0.5) is 0 Å². The van der Waals surface area contributed by atoms with Crippen molar-refractivity contribution in [3.8, 4) is 5.75 Å². The average Bonchev–Trinajstić information content (AvgIpc) is 2.70. The summed E-state index contributed by atoms with van der Waals surface area (Å²) >= 11 is 0. The Bertz CT molecular complexity index is 963. The number of carbonyl (C=O) groups is 1. The van der Waals surface area contributed by atoms with Crippen LogP contribution in [0.2, 0.25) is 0 Å². The number of hydrogen-bond acceptors (Lipinski definition) is 4. The van der Waals surface area contributed by atoms with E-state index in [-0.39, 0.29) is 18.6 Å². The lowest BCUT2D eigenvalue weighted by molar-refractivity contribution is -0.124. The molecule has 0 spiro atoms. The summed E-state index contributed by atoms with van der Waals surface area (Å²) in [6.07, 6.45) is 1.17. The van der Waals surface area contributed by atoms with Crippen LogP contribution in [0.15, 0.2) is 47.4 Å². The first-order chi connectivity index (χ1) is 13.8. The van der Waals surface area contributed by atoms with Crippen molar-refractivity contribution in [3.05, 3.63) is 59.2 Å². The van der Waals surface area contributed by atoms with E-state index in [0.29, 0.717) is 36.6 Å². The average molecular weight is 417 g/mol. The summed E-state index contributed by atoms with van der Waals surface area (Å²) < 4.78 is 33.0. The third-order valence-corrected chi connectivity index (χ3v) is 7.21. The zero-order chi connectivity index (χ0) is 21.0. The molecule has 1 saturated heterocycles. The first kappa shape index (κ1) is 21.3. The van der Waals surface area contributed by atoms with Gasteiger partial charge in [0.15, 0.2) is 6.61 Å². The van der Waals surface area contributed by atoms with Crippen LogP contribution in [-0.4, -0.2) is 44.4 Å². The molecule has 0 aromatic heterocycles. The molecule has 0 saturated carbocycles. The van der Waals surface area contributed by atoms with Crippen LogP contribution in [0.3, 0.4) is 0 Å². The van der Waals surface area contributed by atoms with Gasteiger partial charge in [0, 0.05) is 19.1 Å². The molecule has 156 valence electrons. The summed E-state index contributed by atoms with van der Waals surface area (Å²) in [5.41, 5.74) is 2.80. The minimum atomic E-state index is -3.52. The number of rotatable bonds is 6. The van der Waals surface area contributed by atoms with Gasteiger partial charge in [0.25, 0.3) is 5.91 Å². The number of hydrogen-bond donors (Lipinski definition) is 1. The normalized spacial score (nSPS) is 15.8. The maximum atomic E-state index is 13.0. The standard InChI is InChI=1S/C22H28N2O4S/c1-16-5-8-20(9-6-16)28-15-22(25)23-19-10-12-24(13-11-19)29(26,27)21-14-17(2)4-7-18(21)3/h4-9,14,19H,10-13,15H2,1-3H3,(H,23,25). The van der Waals surface area contributed by atoms with Crippen molar-refractivity contribution < 1.29 is 17.9 Å². The first-order valence-electron chi connectivity index (χ1n) is 9.82. The van der Waals surface area contributed by atoms with Gasteiger partial charge in [-0.2, -0.15) is 4.31 Å². The molecule has 0 radical (unpaired) electrons. The van der Waals surface area contributed by atoms with E-state index >= 15 is 0 Å². The predicted molar refractivity (Wildman–Crippen MR) is 113 cm³/mol. The van der Waals surface area contributed by atoms with Gasteiger partial charge in [-0.05, 0) is 62.9 Å². The lowest BCUT2D eigenvalue weighted by Gasteiger charge is -2.32. The number of sulfonamides is 1. The van der Waals surface area contributed by atoms with Gasteiger partial charge in [0.2, 0.25) is 10.0 Å². The third kappa shape index (κ3) is 5.36. The van der Waals surface area contributed by atoms with E-state index in [9.17, 15) is 13.2 Å². The molecule has 0 unspecified atom stereocenters. The van der Waals surface area contributed by atoms with Gasteiger partial charge in [0.1, 0.15) is 5.75 Å². The van der Waals surface area contributed by atoms with E-state index in [4.69, 9.17) is 4.74 Å². The molecule has 29 heavy (non-hydrogen) atoms. The highest BCUT2D eigenvalue weighted by atomic mass is 32.2. The number of amides is 1. The minimum absolute atomic E-state index is 0.0471. The Morgan fingerprint density at radius 1 is 1.03 bits per heavy atom. The Labute approximate surface area is 172 Å². The van der Waals surface area contributed by atoms with Gasteiger partial charge in [-0.3, -0.25) is 4.79 Å². The molecule has 0 aliphatic carbocycles. The maximum absolute atomic E-state index is 13.0. The van der Waals surface area contributed by atoms with Gasteiger partial charge in [-0.25, -0.2) is 8.42 Å². The summed E-state index contributed by atoms with van der Waals surface area (Å²) in [5, 5.41) is 2.95. The van der Waals surface area contributed by atoms with Crippen molar-refractivity contribution in [2.75, 3.05) is 19.7 Å². The van der Waals surface area contributed by atoms with Crippen LogP contribution in [0.5, 0.6) is 5.75 Å². The Hall–Kier alpha value is -2.38. The van der Waals surface area contributed by atoms with Crippen molar-refractivity contribution in [1.29, 1.82) is 0 Å². The van der Waals surface area contributed by atoms with E-state index in [1.807, 2.05) is 57.2 Å². The topological polar surface area (TPSA) is 75.7 Å². The lowest BCUT2D eigenvalue weighted by atomic mass is 10.1. The molecule has 1 aliphatic heterocycles. The monoisotopic (exact) mass is 416 g/mol. The predicted octanol–water partition coefficient (Wildman–Crippen LogP) is 2.96. The van der Waals surface area contributed by atoms with Gasteiger partial charge >= 0.3 is 0 Å². The fraction of sp³-hybridized carbons (Fsp3) is 0.409. The van der Waals surface area contributed by atoms with Crippen LogP contribution in [0.1, 0.15) is 29.5 Å². The molecule has 1 N–H and O–H groups in total. The molecule has 0 bridgehead atoms. The highest BCUT2D eigenvalue weighted by molar-refractivity contribution is 7.89. The molecular weight excluding hydrogens is 388 g/mol. The quantitative estimate of drug-likeness (QED) is 0.786. The van der Waals surface area contributed by atoms with Crippen molar-refractivity contribution >= 4 is 15.9 Å². The van der Waals surface area contributed by atoms with Crippen molar-refractivity contribution in [2.24, 2.45) is 0 Å². The third-order valence-electron chi connectivity index (χ3n) is 5.17. The minimum Gasteiger partial charge on any atom is -0.484 e. The second-order valence-electron chi connectivity index (χ2n) is 7.62. The fourth-order valence-corrected chi connectivity index (χ4v) is 5.20. The number of ether oxygens (including phenoxy) is 1. The molecule has 3 rings (SSSR count). The summed E-state index contributed by atoms with van der Waals surface area (Å²) in [7, 11) is -3.52. The van der Waals surface area contributed by atoms with Crippen LogP contribution < -0.4 is 10.1 Å². The Balaban J connectivity index is 1.51. The van der Waals surface area contributed by atoms with E-state index in [1.165, 1.54) is 4.31 Å². The van der Waals surface area contributed by atoms with Gasteiger partial charge in [-0.15, -0.1) is 0 Å². The summed E-state index contributed by atoms with van der Waals surface area (Å²) in [5.74, 6) is 0.460. The SMILES string of the molecule is Cc1ccc(OCC(=O)NC2CCN(S(=O)(=O)c3cc(C)ccc3C)CC2)cc1. The van der Waals surface area contributed by atoms with Crippen LogP contribution in [0.25, 0.3) is 0 Å². The molecule has 1 amide bonds. The smallest absolute Gasteiger partial charge is 0.258 e. The molecule has 2 aromatic carbocycles. The Morgan fingerprint density at radius 3 is 2.31 bits per heavy atom. The second-order valence-corrected chi connectivity index (χ2v) is 9.52. The molecule has 1 heterocycles. The van der Waals surface area contributed by atoms with E-state index in [1.54, 1.807) is 6.07 Å². The van der Waals surface area contributed by atoms with Crippen LogP contribution in [-0.2, 0) is 14.8 Å². The molecule has 2 aromatic rings. The van der Waals surface area contributed by atoms with Crippen LogP contribution >= 0.6 is 0 Å². The molecule has 1 fully saturated rings. The number of piperidine rings is 1. The highest BCUT2D eigenvalue weighted by Crippen LogP contribution is 2.24. The second kappa shape index (κ2) is 8.97. The summed E-state index contributed by atoms with van der Waals surface area (Å²) in [6.45, 7) is 6.42. The van der Waals surface area contributed by atoms with Gasteiger partial charge < -0.3 is 10.1 Å². The molecular formula is C22H28N2O4S. The van der Waals surface area contributed by atoms with Crippen molar-refractivity contribution in [2.45, 2.75) is 44.6 Å². The van der Waals surface area contributed by atoms with E-state index in [0.717, 1.165) is 16.7 Å². The molecule has 1 aliphatic rings. The van der Waals surface area contributed by atoms with E-state index < -0.39 is 10.0 Å². The summed E-state index contributed by atoms with van der Waals surface area (Å²) in [6, 6.07) is 12.9. The number of benzene rings is 2. The van der Waals surface area contributed by atoms with Crippen molar-refractivity contribution in [3.63, 3.8) is 0 Å². The number of aryl methyl sites for hydroxylation is 3.